The standard InChI is InChI=1S/C18H27N/c1-13-8-9-17(10-14(13)2)19-18-11-16(12-18)15-6-4-3-5-7-15/h3-7,13-14,16-19H,8-12H2,1-2H3. The number of rotatable bonds is 3. The summed E-state index contributed by atoms with van der Waals surface area (Å²) in [6.07, 6.45) is 6.86. The summed E-state index contributed by atoms with van der Waals surface area (Å²) in [6.45, 7) is 4.84. The fourth-order valence-corrected chi connectivity index (χ4v) is 3.78. The molecule has 104 valence electrons. The van der Waals surface area contributed by atoms with Gasteiger partial charge in [-0.3, -0.25) is 0 Å². The van der Waals surface area contributed by atoms with Crippen LogP contribution in [0.4, 0.5) is 0 Å². The van der Waals surface area contributed by atoms with Gasteiger partial charge in [0.15, 0.2) is 0 Å². The average molecular weight is 257 g/mol. The SMILES string of the molecule is CC1CCC(NC2CC(c3ccccc3)C2)CC1C. The smallest absolute Gasteiger partial charge is 0.00813 e. The predicted octanol–water partition coefficient (Wildman–Crippen LogP) is 4.35. The molecule has 2 aliphatic rings. The van der Waals surface area contributed by atoms with Crippen LogP contribution in [0.25, 0.3) is 0 Å². The van der Waals surface area contributed by atoms with Crippen LogP contribution < -0.4 is 5.32 Å². The van der Waals surface area contributed by atoms with Crippen molar-refractivity contribution < 1.29 is 0 Å². The maximum absolute atomic E-state index is 3.91. The summed E-state index contributed by atoms with van der Waals surface area (Å²) < 4.78 is 0. The molecule has 0 radical (unpaired) electrons. The normalized spacial score (nSPS) is 38.7. The van der Waals surface area contributed by atoms with Crippen LogP contribution in [0.1, 0.15) is 57.4 Å². The lowest BCUT2D eigenvalue weighted by molar-refractivity contribution is 0.183. The van der Waals surface area contributed by atoms with E-state index in [-0.39, 0.29) is 0 Å². The van der Waals surface area contributed by atoms with Gasteiger partial charge in [0.25, 0.3) is 0 Å². The van der Waals surface area contributed by atoms with Gasteiger partial charge in [0.1, 0.15) is 0 Å². The van der Waals surface area contributed by atoms with Crippen molar-refractivity contribution in [1.29, 1.82) is 0 Å². The first-order valence-electron chi connectivity index (χ1n) is 8.03. The van der Waals surface area contributed by atoms with Gasteiger partial charge < -0.3 is 5.32 Å². The molecule has 1 aromatic carbocycles. The molecule has 0 amide bonds. The third-order valence-corrected chi connectivity index (χ3v) is 5.48. The zero-order valence-electron chi connectivity index (χ0n) is 12.3. The third kappa shape index (κ3) is 3.02. The zero-order chi connectivity index (χ0) is 13.2. The Kier molecular flexibility index (Phi) is 3.93. The summed E-state index contributed by atoms with van der Waals surface area (Å²) in [5.41, 5.74) is 1.53. The number of hydrogen-bond acceptors (Lipinski definition) is 1. The monoisotopic (exact) mass is 257 g/mol. The van der Waals surface area contributed by atoms with E-state index in [1.54, 1.807) is 0 Å². The van der Waals surface area contributed by atoms with Crippen LogP contribution in [0.15, 0.2) is 30.3 Å². The number of nitrogens with one attached hydrogen (secondary N) is 1. The minimum absolute atomic E-state index is 0.774. The van der Waals surface area contributed by atoms with Crippen molar-refractivity contribution in [3.8, 4) is 0 Å². The molecule has 0 spiro atoms. The van der Waals surface area contributed by atoms with Gasteiger partial charge in [-0.1, -0.05) is 44.2 Å². The molecule has 3 rings (SSSR count). The molecular weight excluding hydrogens is 230 g/mol. The fourth-order valence-electron chi connectivity index (χ4n) is 3.78. The Morgan fingerprint density at radius 2 is 1.58 bits per heavy atom. The van der Waals surface area contributed by atoms with Crippen molar-refractivity contribution in [2.75, 3.05) is 0 Å². The van der Waals surface area contributed by atoms with E-state index in [9.17, 15) is 0 Å². The van der Waals surface area contributed by atoms with E-state index in [2.05, 4.69) is 49.5 Å². The van der Waals surface area contributed by atoms with E-state index in [4.69, 9.17) is 0 Å². The first kappa shape index (κ1) is 13.2. The molecule has 3 unspecified atom stereocenters. The second-order valence-electron chi connectivity index (χ2n) is 6.91. The molecule has 19 heavy (non-hydrogen) atoms. The molecule has 0 aromatic heterocycles. The lowest BCUT2D eigenvalue weighted by atomic mass is 9.74. The Labute approximate surface area is 117 Å². The Bertz CT molecular complexity index is 393. The number of hydrogen-bond donors (Lipinski definition) is 1. The summed E-state index contributed by atoms with van der Waals surface area (Å²) in [4.78, 5) is 0. The Hall–Kier alpha value is -0.820. The van der Waals surface area contributed by atoms with E-state index < -0.39 is 0 Å². The third-order valence-electron chi connectivity index (χ3n) is 5.48. The molecule has 0 heterocycles. The maximum atomic E-state index is 3.91. The van der Waals surface area contributed by atoms with Crippen LogP contribution in [0.5, 0.6) is 0 Å². The minimum atomic E-state index is 0.774. The van der Waals surface area contributed by atoms with Gasteiger partial charge in [-0.05, 0) is 55.4 Å². The van der Waals surface area contributed by atoms with Crippen molar-refractivity contribution in [2.24, 2.45) is 11.8 Å². The van der Waals surface area contributed by atoms with E-state index in [0.717, 1.165) is 29.8 Å². The molecule has 2 fully saturated rings. The van der Waals surface area contributed by atoms with Gasteiger partial charge in [0.2, 0.25) is 0 Å². The van der Waals surface area contributed by atoms with E-state index in [1.807, 2.05) is 0 Å². The first-order chi connectivity index (χ1) is 9.22. The number of benzene rings is 1. The molecule has 1 N–H and O–H groups in total. The molecule has 0 bridgehead atoms. The van der Waals surface area contributed by atoms with Crippen LogP contribution in [-0.2, 0) is 0 Å². The van der Waals surface area contributed by atoms with Crippen molar-refractivity contribution in [3.63, 3.8) is 0 Å². The van der Waals surface area contributed by atoms with E-state index in [0.29, 0.717) is 0 Å². The first-order valence-corrected chi connectivity index (χ1v) is 8.03. The zero-order valence-corrected chi connectivity index (χ0v) is 12.3. The van der Waals surface area contributed by atoms with Gasteiger partial charge >= 0.3 is 0 Å². The van der Waals surface area contributed by atoms with Crippen LogP contribution in [-0.4, -0.2) is 12.1 Å². The Morgan fingerprint density at radius 1 is 0.842 bits per heavy atom. The van der Waals surface area contributed by atoms with Gasteiger partial charge in [-0.25, -0.2) is 0 Å². The average Bonchev–Trinajstić information content (AvgIpc) is 2.38. The molecule has 2 saturated carbocycles. The highest BCUT2D eigenvalue weighted by atomic mass is 15.0. The predicted molar refractivity (Wildman–Crippen MR) is 81.3 cm³/mol. The van der Waals surface area contributed by atoms with Gasteiger partial charge in [-0.15, -0.1) is 0 Å². The van der Waals surface area contributed by atoms with Crippen LogP contribution >= 0.6 is 0 Å². The minimum Gasteiger partial charge on any atom is -0.311 e. The molecule has 1 aromatic rings. The summed E-state index contributed by atoms with van der Waals surface area (Å²) >= 11 is 0. The lowest BCUT2D eigenvalue weighted by Gasteiger charge is -2.41. The fraction of sp³-hybridized carbons (Fsp3) is 0.667. The Balaban J connectivity index is 1.45. The van der Waals surface area contributed by atoms with E-state index in [1.165, 1.54) is 37.7 Å². The molecular formula is C18H27N. The van der Waals surface area contributed by atoms with Crippen molar-refractivity contribution in [2.45, 2.75) is 64.0 Å². The highest BCUT2D eigenvalue weighted by Crippen LogP contribution is 2.38. The van der Waals surface area contributed by atoms with Gasteiger partial charge in [0.05, 0.1) is 0 Å². The van der Waals surface area contributed by atoms with E-state index >= 15 is 0 Å². The molecule has 1 heteroatoms. The highest BCUT2D eigenvalue weighted by molar-refractivity contribution is 5.22. The van der Waals surface area contributed by atoms with Gasteiger partial charge in [-0.2, -0.15) is 0 Å². The quantitative estimate of drug-likeness (QED) is 0.849. The van der Waals surface area contributed by atoms with Crippen LogP contribution in [0, 0.1) is 11.8 Å². The molecule has 0 saturated heterocycles. The van der Waals surface area contributed by atoms with Crippen molar-refractivity contribution in [1.82, 2.24) is 5.32 Å². The highest BCUT2D eigenvalue weighted by Gasteiger charge is 2.33. The second kappa shape index (κ2) is 5.66. The lowest BCUT2D eigenvalue weighted by Crippen LogP contribution is -2.47. The van der Waals surface area contributed by atoms with Crippen LogP contribution in [0.2, 0.25) is 0 Å². The Morgan fingerprint density at radius 3 is 2.26 bits per heavy atom. The molecule has 3 atom stereocenters. The van der Waals surface area contributed by atoms with Crippen molar-refractivity contribution in [3.05, 3.63) is 35.9 Å². The molecule has 1 nitrogen and oxygen atoms in total. The topological polar surface area (TPSA) is 12.0 Å². The maximum Gasteiger partial charge on any atom is 0.00813 e. The largest absolute Gasteiger partial charge is 0.311 e. The van der Waals surface area contributed by atoms with Crippen molar-refractivity contribution >= 4 is 0 Å². The summed E-state index contributed by atoms with van der Waals surface area (Å²) in [6, 6.07) is 12.6. The summed E-state index contributed by atoms with van der Waals surface area (Å²) in [5.74, 6) is 2.63. The molecule has 0 aliphatic heterocycles. The second-order valence-corrected chi connectivity index (χ2v) is 6.91. The van der Waals surface area contributed by atoms with Crippen LogP contribution in [0.3, 0.4) is 0 Å². The summed E-state index contributed by atoms with van der Waals surface area (Å²) in [5, 5.41) is 3.91. The molecule has 2 aliphatic carbocycles. The van der Waals surface area contributed by atoms with Gasteiger partial charge in [0, 0.05) is 12.1 Å². The summed E-state index contributed by atoms with van der Waals surface area (Å²) in [7, 11) is 0.